The van der Waals surface area contributed by atoms with Crippen molar-refractivity contribution in [3.05, 3.63) is 16.4 Å². The standard InChI is InChI=1S/C13H21BrN2O/c1-3-7-16-12(11(14)8-15-16)13(17)10-6-4-5-9(10)2/h8-10,13,17H,3-7H2,1-2H3. The molecule has 0 aliphatic heterocycles. The highest BCUT2D eigenvalue weighted by Gasteiger charge is 2.33. The van der Waals surface area contributed by atoms with E-state index in [1.807, 2.05) is 4.68 Å². The van der Waals surface area contributed by atoms with Gasteiger partial charge in [0.15, 0.2) is 0 Å². The van der Waals surface area contributed by atoms with Gasteiger partial charge in [-0.15, -0.1) is 0 Å². The molecule has 96 valence electrons. The van der Waals surface area contributed by atoms with Gasteiger partial charge >= 0.3 is 0 Å². The number of aromatic nitrogens is 2. The number of aliphatic hydroxyl groups excluding tert-OH is 1. The lowest BCUT2D eigenvalue weighted by atomic mass is 9.90. The fraction of sp³-hybridized carbons (Fsp3) is 0.769. The van der Waals surface area contributed by atoms with Crippen LogP contribution in [-0.2, 0) is 6.54 Å². The average molecular weight is 301 g/mol. The summed E-state index contributed by atoms with van der Waals surface area (Å²) >= 11 is 3.51. The molecule has 0 aromatic carbocycles. The molecule has 0 amide bonds. The first-order chi connectivity index (χ1) is 8.15. The number of nitrogens with zero attached hydrogens (tertiary/aromatic N) is 2. The number of rotatable bonds is 4. The number of hydrogen-bond acceptors (Lipinski definition) is 2. The summed E-state index contributed by atoms with van der Waals surface area (Å²) in [6, 6.07) is 0. The number of hydrogen-bond donors (Lipinski definition) is 1. The molecule has 1 aromatic heterocycles. The van der Waals surface area contributed by atoms with Crippen molar-refractivity contribution >= 4 is 15.9 Å². The lowest BCUT2D eigenvalue weighted by molar-refractivity contribution is 0.0808. The van der Waals surface area contributed by atoms with E-state index in [1.165, 1.54) is 12.8 Å². The predicted octanol–water partition coefficient (Wildman–Crippen LogP) is 3.53. The highest BCUT2D eigenvalue weighted by atomic mass is 79.9. The lowest BCUT2D eigenvalue weighted by Gasteiger charge is -2.23. The van der Waals surface area contributed by atoms with E-state index in [-0.39, 0.29) is 6.10 Å². The third kappa shape index (κ3) is 2.58. The Kier molecular flexibility index (Phi) is 4.26. The monoisotopic (exact) mass is 300 g/mol. The molecule has 0 spiro atoms. The highest BCUT2D eigenvalue weighted by molar-refractivity contribution is 9.10. The van der Waals surface area contributed by atoms with Crippen molar-refractivity contribution in [2.45, 2.75) is 52.2 Å². The quantitative estimate of drug-likeness (QED) is 0.924. The second-order valence-corrected chi connectivity index (χ2v) is 5.97. The molecule has 3 unspecified atom stereocenters. The third-order valence-electron chi connectivity index (χ3n) is 3.88. The molecule has 1 N–H and O–H groups in total. The summed E-state index contributed by atoms with van der Waals surface area (Å²) in [6.45, 7) is 5.25. The smallest absolute Gasteiger partial charge is 0.0998 e. The van der Waals surface area contributed by atoms with E-state index < -0.39 is 0 Å². The minimum Gasteiger partial charge on any atom is -0.386 e. The summed E-state index contributed by atoms with van der Waals surface area (Å²) in [5, 5.41) is 14.9. The molecule has 17 heavy (non-hydrogen) atoms. The van der Waals surface area contributed by atoms with Crippen molar-refractivity contribution in [2.24, 2.45) is 11.8 Å². The van der Waals surface area contributed by atoms with Crippen LogP contribution in [-0.4, -0.2) is 14.9 Å². The van der Waals surface area contributed by atoms with E-state index in [0.717, 1.165) is 29.6 Å². The largest absolute Gasteiger partial charge is 0.386 e. The Morgan fingerprint density at radius 1 is 1.59 bits per heavy atom. The number of aryl methyl sites for hydroxylation is 1. The minimum absolute atomic E-state index is 0.379. The maximum absolute atomic E-state index is 10.6. The Morgan fingerprint density at radius 3 is 2.94 bits per heavy atom. The summed E-state index contributed by atoms with van der Waals surface area (Å²) in [7, 11) is 0. The molecular formula is C13H21BrN2O. The van der Waals surface area contributed by atoms with Crippen molar-refractivity contribution in [1.82, 2.24) is 9.78 Å². The zero-order chi connectivity index (χ0) is 12.4. The van der Waals surface area contributed by atoms with Gasteiger partial charge in [0.1, 0.15) is 0 Å². The van der Waals surface area contributed by atoms with Crippen molar-refractivity contribution in [3.63, 3.8) is 0 Å². The molecule has 0 bridgehead atoms. The van der Waals surface area contributed by atoms with Gasteiger partial charge < -0.3 is 5.11 Å². The summed E-state index contributed by atoms with van der Waals surface area (Å²) in [5.74, 6) is 1.00. The number of aliphatic hydroxyl groups is 1. The van der Waals surface area contributed by atoms with Crippen LogP contribution in [0.2, 0.25) is 0 Å². The summed E-state index contributed by atoms with van der Waals surface area (Å²) in [4.78, 5) is 0. The van der Waals surface area contributed by atoms with Crippen LogP contribution in [0.4, 0.5) is 0 Å². The topological polar surface area (TPSA) is 38.0 Å². The van der Waals surface area contributed by atoms with Gasteiger partial charge in [0, 0.05) is 6.54 Å². The molecular weight excluding hydrogens is 280 g/mol. The molecule has 4 heteroatoms. The van der Waals surface area contributed by atoms with Crippen LogP contribution in [0.25, 0.3) is 0 Å². The minimum atomic E-state index is -0.379. The zero-order valence-electron chi connectivity index (χ0n) is 10.6. The van der Waals surface area contributed by atoms with E-state index in [0.29, 0.717) is 11.8 Å². The maximum Gasteiger partial charge on any atom is 0.0998 e. The highest BCUT2D eigenvalue weighted by Crippen LogP contribution is 2.41. The molecule has 1 fully saturated rings. The molecule has 0 radical (unpaired) electrons. The van der Waals surface area contributed by atoms with E-state index in [9.17, 15) is 5.11 Å². The maximum atomic E-state index is 10.6. The summed E-state index contributed by atoms with van der Waals surface area (Å²) < 4.78 is 2.89. The Bertz CT molecular complexity index is 377. The predicted molar refractivity (Wildman–Crippen MR) is 71.7 cm³/mol. The Hall–Kier alpha value is -0.350. The fourth-order valence-electron chi connectivity index (χ4n) is 2.90. The van der Waals surface area contributed by atoms with Crippen LogP contribution in [0.15, 0.2) is 10.7 Å². The molecule has 0 saturated heterocycles. The fourth-order valence-corrected chi connectivity index (χ4v) is 3.43. The van der Waals surface area contributed by atoms with E-state index in [2.05, 4.69) is 34.9 Å². The average Bonchev–Trinajstić information content (AvgIpc) is 2.86. The lowest BCUT2D eigenvalue weighted by Crippen LogP contribution is -2.19. The van der Waals surface area contributed by atoms with Gasteiger partial charge in [0.2, 0.25) is 0 Å². The Morgan fingerprint density at radius 2 is 2.35 bits per heavy atom. The van der Waals surface area contributed by atoms with Gasteiger partial charge in [0.05, 0.1) is 22.5 Å². The molecule has 3 atom stereocenters. The van der Waals surface area contributed by atoms with Gasteiger partial charge in [-0.2, -0.15) is 5.10 Å². The normalized spacial score (nSPS) is 26.4. The molecule has 1 aliphatic carbocycles. The first-order valence-electron chi connectivity index (χ1n) is 6.54. The third-order valence-corrected chi connectivity index (χ3v) is 4.49. The molecule has 1 saturated carbocycles. The van der Waals surface area contributed by atoms with E-state index in [4.69, 9.17) is 0 Å². The molecule has 1 aliphatic rings. The van der Waals surface area contributed by atoms with Gasteiger partial charge in [-0.3, -0.25) is 4.68 Å². The van der Waals surface area contributed by atoms with Gasteiger partial charge in [-0.25, -0.2) is 0 Å². The van der Waals surface area contributed by atoms with Crippen LogP contribution < -0.4 is 0 Å². The summed E-state index contributed by atoms with van der Waals surface area (Å²) in [5.41, 5.74) is 0.964. The van der Waals surface area contributed by atoms with Gasteiger partial charge in [-0.1, -0.05) is 26.7 Å². The van der Waals surface area contributed by atoms with Gasteiger partial charge in [0.25, 0.3) is 0 Å². The number of halogens is 1. The first-order valence-corrected chi connectivity index (χ1v) is 7.33. The van der Waals surface area contributed by atoms with Crippen molar-refractivity contribution in [1.29, 1.82) is 0 Å². The molecule has 2 rings (SSSR count). The van der Waals surface area contributed by atoms with E-state index >= 15 is 0 Å². The van der Waals surface area contributed by atoms with Crippen molar-refractivity contribution in [2.75, 3.05) is 0 Å². The molecule has 1 aromatic rings. The van der Waals surface area contributed by atoms with E-state index in [1.54, 1.807) is 6.20 Å². The van der Waals surface area contributed by atoms with Crippen LogP contribution in [0.3, 0.4) is 0 Å². The Labute approximate surface area is 111 Å². The second-order valence-electron chi connectivity index (χ2n) is 5.12. The molecule has 1 heterocycles. The zero-order valence-corrected chi connectivity index (χ0v) is 12.2. The van der Waals surface area contributed by atoms with Crippen LogP contribution in [0, 0.1) is 11.8 Å². The Balaban J connectivity index is 2.22. The van der Waals surface area contributed by atoms with Crippen molar-refractivity contribution < 1.29 is 5.11 Å². The van der Waals surface area contributed by atoms with Crippen LogP contribution in [0.5, 0.6) is 0 Å². The first kappa shape index (κ1) is 13.1. The SMILES string of the molecule is CCCn1ncc(Br)c1C(O)C1CCCC1C. The molecule has 3 nitrogen and oxygen atoms in total. The van der Waals surface area contributed by atoms with Gasteiger partial charge in [-0.05, 0) is 40.6 Å². The van der Waals surface area contributed by atoms with Crippen molar-refractivity contribution in [3.8, 4) is 0 Å². The van der Waals surface area contributed by atoms with Crippen LogP contribution >= 0.6 is 15.9 Å². The second kappa shape index (κ2) is 5.53. The van der Waals surface area contributed by atoms with Crippen LogP contribution in [0.1, 0.15) is 51.3 Å². The summed E-state index contributed by atoms with van der Waals surface area (Å²) in [6.07, 6.45) is 6.06.